The molecular weight excluding hydrogens is 426 g/mol. The molecule has 1 aliphatic carbocycles. The first-order valence-corrected chi connectivity index (χ1v) is 12.4. The second kappa shape index (κ2) is 7.93. The molecule has 0 unspecified atom stereocenters. The first kappa shape index (κ1) is 21.0. The maximum absolute atomic E-state index is 14.9. The molecule has 3 fully saturated rings. The van der Waals surface area contributed by atoms with Crippen molar-refractivity contribution in [1.82, 2.24) is 24.2 Å². The van der Waals surface area contributed by atoms with Crippen LogP contribution in [0.2, 0.25) is 0 Å². The fourth-order valence-electron chi connectivity index (χ4n) is 4.74. The number of fused-ring (bicyclic) bond motifs is 1. The Morgan fingerprint density at radius 2 is 2.00 bits per heavy atom. The van der Waals surface area contributed by atoms with Gasteiger partial charge in [0.05, 0.1) is 17.3 Å². The van der Waals surface area contributed by atoms with E-state index in [4.69, 9.17) is 0 Å². The molecule has 11 heteroatoms. The van der Waals surface area contributed by atoms with Crippen LogP contribution >= 0.6 is 0 Å². The van der Waals surface area contributed by atoms with Gasteiger partial charge in [-0.25, -0.2) is 22.2 Å². The van der Waals surface area contributed by atoms with Gasteiger partial charge in [-0.2, -0.15) is 9.29 Å². The highest BCUT2D eigenvalue weighted by Crippen LogP contribution is 2.33. The van der Waals surface area contributed by atoms with Gasteiger partial charge < -0.3 is 15.2 Å². The van der Waals surface area contributed by atoms with Crippen LogP contribution in [0, 0.1) is 6.92 Å². The Hall–Kier alpha value is -1.85. The molecule has 4 heterocycles. The number of nitrogens with zero attached hydrogens (tertiary/aromatic N) is 4. The van der Waals surface area contributed by atoms with Crippen molar-refractivity contribution in [2.24, 2.45) is 0 Å². The molecule has 5 rings (SSSR count). The smallest absolute Gasteiger partial charge is 0.224 e. The fourth-order valence-corrected chi connectivity index (χ4v) is 6.60. The number of aromatic nitrogens is 3. The lowest BCUT2D eigenvalue weighted by Gasteiger charge is -2.34. The molecule has 0 amide bonds. The standard InChI is InChI=1S/C20H28F2N6O2S/c1-12-8-13-9-24-20(26-19(13)28(12)18-4-6-23-10-15(18)21)25-17-5-7-27(11-16(17)22)31(29,30)14-2-3-14/h8-9,14-18,23H,2-7,10-11H2,1H3,(H,24,25,26)/t15-,16-,17-,18-/m1/s1. The van der Waals surface area contributed by atoms with Gasteiger partial charge in [-0.3, -0.25) is 0 Å². The van der Waals surface area contributed by atoms with Crippen molar-refractivity contribution in [2.45, 2.75) is 62.3 Å². The second-order valence-corrected chi connectivity index (χ2v) is 11.1. The largest absolute Gasteiger partial charge is 0.348 e. The number of piperidine rings is 2. The minimum absolute atomic E-state index is 0.146. The van der Waals surface area contributed by atoms with Crippen LogP contribution in [0.5, 0.6) is 0 Å². The normalized spacial score (nSPS) is 30.5. The number of sulfonamides is 1. The number of rotatable bonds is 5. The van der Waals surface area contributed by atoms with Crippen molar-refractivity contribution < 1.29 is 17.2 Å². The lowest BCUT2D eigenvalue weighted by molar-refractivity contribution is 0.184. The van der Waals surface area contributed by atoms with Gasteiger partial charge in [0.15, 0.2) is 0 Å². The van der Waals surface area contributed by atoms with Crippen LogP contribution in [-0.4, -0.2) is 77.1 Å². The van der Waals surface area contributed by atoms with Crippen molar-refractivity contribution in [1.29, 1.82) is 0 Å². The summed E-state index contributed by atoms with van der Waals surface area (Å²) < 4.78 is 57.4. The third-order valence-electron chi connectivity index (χ3n) is 6.60. The maximum atomic E-state index is 14.9. The molecule has 1 saturated carbocycles. The highest BCUT2D eigenvalue weighted by Gasteiger charge is 2.43. The molecule has 2 aromatic rings. The van der Waals surface area contributed by atoms with E-state index in [1.807, 2.05) is 17.6 Å². The topological polar surface area (TPSA) is 92.2 Å². The zero-order valence-corrected chi connectivity index (χ0v) is 18.3. The number of anilines is 1. The zero-order chi connectivity index (χ0) is 21.8. The fraction of sp³-hybridized carbons (Fsp3) is 0.700. The average Bonchev–Trinajstić information content (AvgIpc) is 3.54. The monoisotopic (exact) mass is 454 g/mol. The summed E-state index contributed by atoms with van der Waals surface area (Å²) in [4.78, 5) is 8.92. The first-order chi connectivity index (χ1) is 14.8. The van der Waals surface area contributed by atoms with E-state index >= 15 is 0 Å². The minimum Gasteiger partial charge on any atom is -0.348 e. The van der Waals surface area contributed by atoms with Gasteiger partial charge >= 0.3 is 0 Å². The van der Waals surface area contributed by atoms with Crippen LogP contribution in [0.15, 0.2) is 12.3 Å². The molecule has 0 spiro atoms. The van der Waals surface area contributed by atoms with E-state index in [0.29, 0.717) is 37.9 Å². The molecule has 0 aromatic carbocycles. The summed E-state index contributed by atoms with van der Waals surface area (Å²) in [5.74, 6) is 0.280. The van der Waals surface area contributed by atoms with Crippen molar-refractivity contribution in [2.75, 3.05) is 31.5 Å². The van der Waals surface area contributed by atoms with Crippen LogP contribution < -0.4 is 10.6 Å². The molecule has 0 bridgehead atoms. The minimum atomic E-state index is -3.38. The highest BCUT2D eigenvalue weighted by molar-refractivity contribution is 7.90. The summed E-state index contributed by atoms with van der Waals surface area (Å²) in [6.07, 6.45) is 1.65. The summed E-state index contributed by atoms with van der Waals surface area (Å²) in [6, 6.07) is 1.07. The molecule has 0 radical (unpaired) electrons. The molecule has 31 heavy (non-hydrogen) atoms. The first-order valence-electron chi connectivity index (χ1n) is 10.9. The molecule has 2 saturated heterocycles. The Morgan fingerprint density at radius 1 is 1.19 bits per heavy atom. The maximum Gasteiger partial charge on any atom is 0.224 e. The predicted molar refractivity (Wildman–Crippen MR) is 114 cm³/mol. The van der Waals surface area contributed by atoms with Crippen LogP contribution in [0.3, 0.4) is 0 Å². The van der Waals surface area contributed by atoms with E-state index in [0.717, 1.165) is 17.6 Å². The summed E-state index contributed by atoms with van der Waals surface area (Å²) >= 11 is 0. The third-order valence-corrected chi connectivity index (χ3v) is 8.96. The van der Waals surface area contributed by atoms with Crippen LogP contribution in [0.4, 0.5) is 14.7 Å². The summed E-state index contributed by atoms with van der Waals surface area (Å²) in [5.41, 5.74) is 1.55. The van der Waals surface area contributed by atoms with Crippen LogP contribution in [0.25, 0.3) is 11.0 Å². The van der Waals surface area contributed by atoms with Gasteiger partial charge in [0.25, 0.3) is 0 Å². The molecule has 2 aliphatic heterocycles. The van der Waals surface area contributed by atoms with Crippen LogP contribution in [0.1, 0.15) is 37.4 Å². The molecule has 2 N–H and O–H groups in total. The van der Waals surface area contributed by atoms with Crippen molar-refractivity contribution in [3.63, 3.8) is 0 Å². The molecule has 3 aliphatic rings. The van der Waals surface area contributed by atoms with E-state index in [9.17, 15) is 17.2 Å². The van der Waals surface area contributed by atoms with E-state index < -0.39 is 28.4 Å². The number of alkyl halides is 2. The Morgan fingerprint density at radius 3 is 2.71 bits per heavy atom. The number of halogens is 2. The molecular formula is C20H28F2N6O2S. The van der Waals surface area contributed by atoms with E-state index in [1.54, 1.807) is 6.20 Å². The third kappa shape index (κ3) is 3.91. The molecule has 8 nitrogen and oxygen atoms in total. The quantitative estimate of drug-likeness (QED) is 0.717. The van der Waals surface area contributed by atoms with E-state index in [1.165, 1.54) is 4.31 Å². The number of hydrogen-bond donors (Lipinski definition) is 2. The van der Waals surface area contributed by atoms with Crippen molar-refractivity contribution in [3.05, 3.63) is 18.0 Å². The predicted octanol–water partition coefficient (Wildman–Crippen LogP) is 1.93. The van der Waals surface area contributed by atoms with Gasteiger partial charge in [0, 0.05) is 36.9 Å². The van der Waals surface area contributed by atoms with Gasteiger partial charge in [-0.05, 0) is 45.2 Å². The van der Waals surface area contributed by atoms with E-state index in [-0.39, 0.29) is 30.3 Å². The van der Waals surface area contributed by atoms with Gasteiger partial charge in [0.2, 0.25) is 16.0 Å². The number of aryl methyl sites for hydroxylation is 1. The second-order valence-electron chi connectivity index (χ2n) is 8.86. The lowest BCUT2D eigenvalue weighted by Crippen LogP contribution is -2.50. The summed E-state index contributed by atoms with van der Waals surface area (Å²) in [7, 11) is -3.38. The Bertz CT molecular complexity index is 1070. The van der Waals surface area contributed by atoms with Crippen molar-refractivity contribution >= 4 is 27.0 Å². The summed E-state index contributed by atoms with van der Waals surface area (Å²) in [6.45, 7) is 3.12. The molecule has 4 atom stereocenters. The highest BCUT2D eigenvalue weighted by atomic mass is 32.2. The van der Waals surface area contributed by atoms with E-state index in [2.05, 4.69) is 20.6 Å². The van der Waals surface area contributed by atoms with Gasteiger partial charge in [-0.1, -0.05) is 0 Å². The Balaban J connectivity index is 1.34. The molecule has 2 aromatic heterocycles. The number of hydrogen-bond acceptors (Lipinski definition) is 6. The zero-order valence-electron chi connectivity index (χ0n) is 17.5. The SMILES string of the molecule is Cc1cc2cnc(N[C@@H]3CCN(S(=O)(=O)C4CC4)C[C@H]3F)nc2n1[C@@H]1CCNC[C@H]1F. The Kier molecular flexibility index (Phi) is 5.38. The van der Waals surface area contributed by atoms with Crippen molar-refractivity contribution in [3.8, 4) is 0 Å². The molecule has 170 valence electrons. The van der Waals surface area contributed by atoms with Gasteiger partial charge in [0.1, 0.15) is 18.0 Å². The summed E-state index contributed by atoms with van der Waals surface area (Å²) in [5, 5.41) is 6.60. The van der Waals surface area contributed by atoms with Gasteiger partial charge in [-0.15, -0.1) is 0 Å². The average molecular weight is 455 g/mol. The Labute approximate surface area is 180 Å². The number of nitrogens with one attached hydrogen (secondary N) is 2. The van der Waals surface area contributed by atoms with Crippen LogP contribution in [-0.2, 0) is 10.0 Å². The lowest BCUT2D eigenvalue weighted by atomic mass is 10.0.